The Kier molecular flexibility index (Phi) is 3.38. The van der Waals surface area contributed by atoms with Gasteiger partial charge in [-0.2, -0.15) is 0 Å². The van der Waals surface area contributed by atoms with Gasteiger partial charge in [0, 0.05) is 11.1 Å². The number of pyridine rings is 1. The van der Waals surface area contributed by atoms with Crippen LogP contribution in [-0.2, 0) is 0 Å². The SMILES string of the molecule is Cc1cccc(NC(=O)c2nnc3ccc(F)cc3c2O)n1. The number of aromatic nitrogens is 3. The van der Waals surface area contributed by atoms with Crippen molar-refractivity contribution in [1.82, 2.24) is 15.2 Å². The highest BCUT2D eigenvalue weighted by Gasteiger charge is 2.18. The van der Waals surface area contributed by atoms with Gasteiger partial charge < -0.3 is 10.4 Å². The minimum Gasteiger partial charge on any atom is -0.505 e. The Bertz CT molecular complexity index is 883. The Balaban J connectivity index is 1.99. The molecule has 6 nitrogen and oxygen atoms in total. The largest absolute Gasteiger partial charge is 0.505 e. The Morgan fingerprint density at radius 3 is 2.82 bits per heavy atom. The maximum absolute atomic E-state index is 13.3. The van der Waals surface area contributed by atoms with Crippen molar-refractivity contribution in [3.63, 3.8) is 0 Å². The number of nitrogens with zero attached hydrogens (tertiary/aromatic N) is 3. The van der Waals surface area contributed by atoms with E-state index in [1.165, 1.54) is 12.1 Å². The van der Waals surface area contributed by atoms with Gasteiger partial charge in [0.25, 0.3) is 5.91 Å². The fraction of sp³-hybridized carbons (Fsp3) is 0.0667. The highest BCUT2D eigenvalue weighted by atomic mass is 19.1. The van der Waals surface area contributed by atoms with Crippen molar-refractivity contribution >= 4 is 22.6 Å². The highest BCUT2D eigenvalue weighted by molar-refractivity contribution is 6.07. The van der Waals surface area contributed by atoms with Crippen molar-refractivity contribution < 1.29 is 14.3 Å². The molecule has 0 saturated carbocycles. The van der Waals surface area contributed by atoms with E-state index in [2.05, 4.69) is 20.5 Å². The number of aryl methyl sites for hydroxylation is 1. The lowest BCUT2D eigenvalue weighted by molar-refractivity contribution is 0.101. The van der Waals surface area contributed by atoms with E-state index in [1.54, 1.807) is 25.1 Å². The predicted octanol–water partition coefficient (Wildman–Crippen LogP) is 2.43. The minimum absolute atomic E-state index is 0.123. The summed E-state index contributed by atoms with van der Waals surface area (Å²) in [5.41, 5.74) is 0.735. The second-order valence-electron chi connectivity index (χ2n) is 4.68. The average molecular weight is 298 g/mol. The summed E-state index contributed by atoms with van der Waals surface area (Å²) >= 11 is 0. The lowest BCUT2D eigenvalue weighted by Crippen LogP contribution is -2.15. The standard InChI is InChI=1S/C15H11FN4O2/c1-8-3-2-4-12(17-8)18-15(22)13-14(21)10-7-9(16)5-6-11(10)19-20-13/h2-7H,1H3,(H,19,21)(H,17,18,22). The zero-order valence-electron chi connectivity index (χ0n) is 11.5. The Hall–Kier alpha value is -3.09. The Morgan fingerprint density at radius 2 is 2.05 bits per heavy atom. The normalized spacial score (nSPS) is 10.6. The molecule has 0 unspecified atom stereocenters. The van der Waals surface area contributed by atoms with E-state index < -0.39 is 17.5 Å². The molecule has 0 spiro atoms. The van der Waals surface area contributed by atoms with E-state index in [-0.39, 0.29) is 11.1 Å². The molecular formula is C15H11FN4O2. The lowest BCUT2D eigenvalue weighted by atomic mass is 10.2. The molecule has 2 heterocycles. The average Bonchev–Trinajstić information content (AvgIpc) is 2.48. The lowest BCUT2D eigenvalue weighted by Gasteiger charge is -2.07. The van der Waals surface area contributed by atoms with Gasteiger partial charge in [0.1, 0.15) is 11.6 Å². The third-order valence-corrected chi connectivity index (χ3v) is 3.04. The number of rotatable bonds is 2. The number of benzene rings is 1. The number of anilines is 1. The van der Waals surface area contributed by atoms with E-state index in [9.17, 15) is 14.3 Å². The first kappa shape index (κ1) is 13.9. The Labute approximate surface area is 124 Å². The van der Waals surface area contributed by atoms with Crippen molar-refractivity contribution in [3.05, 3.63) is 53.6 Å². The van der Waals surface area contributed by atoms with Crippen LogP contribution >= 0.6 is 0 Å². The first-order chi connectivity index (χ1) is 10.5. The summed E-state index contributed by atoms with van der Waals surface area (Å²) in [4.78, 5) is 16.3. The summed E-state index contributed by atoms with van der Waals surface area (Å²) in [7, 11) is 0. The first-order valence-electron chi connectivity index (χ1n) is 6.44. The van der Waals surface area contributed by atoms with Crippen LogP contribution in [0.4, 0.5) is 10.2 Å². The van der Waals surface area contributed by atoms with Crippen LogP contribution in [0.5, 0.6) is 5.75 Å². The number of amides is 1. The van der Waals surface area contributed by atoms with Gasteiger partial charge in [0.15, 0.2) is 11.4 Å². The number of hydrogen-bond donors (Lipinski definition) is 2. The molecule has 0 bridgehead atoms. The summed E-state index contributed by atoms with van der Waals surface area (Å²) < 4.78 is 13.3. The van der Waals surface area contributed by atoms with Crippen molar-refractivity contribution in [1.29, 1.82) is 0 Å². The smallest absolute Gasteiger partial charge is 0.281 e. The molecule has 3 aromatic rings. The highest BCUT2D eigenvalue weighted by Crippen LogP contribution is 2.26. The number of carbonyl (C=O) groups excluding carboxylic acids is 1. The fourth-order valence-electron chi connectivity index (χ4n) is 2.01. The van der Waals surface area contributed by atoms with Gasteiger partial charge in [0.05, 0.1) is 5.52 Å². The summed E-state index contributed by atoms with van der Waals surface area (Å²) in [5, 5.41) is 20.3. The summed E-state index contributed by atoms with van der Waals surface area (Å²) in [6.07, 6.45) is 0. The fourth-order valence-corrected chi connectivity index (χ4v) is 2.01. The number of nitrogens with one attached hydrogen (secondary N) is 1. The van der Waals surface area contributed by atoms with Crippen LogP contribution < -0.4 is 5.32 Å². The first-order valence-corrected chi connectivity index (χ1v) is 6.44. The van der Waals surface area contributed by atoms with Gasteiger partial charge in [-0.3, -0.25) is 4.79 Å². The molecule has 0 fully saturated rings. The quantitative estimate of drug-likeness (QED) is 0.758. The molecule has 3 rings (SSSR count). The molecule has 0 saturated heterocycles. The molecule has 2 N–H and O–H groups in total. The molecule has 1 aromatic carbocycles. The van der Waals surface area contributed by atoms with Crippen molar-refractivity contribution in [2.75, 3.05) is 5.32 Å². The van der Waals surface area contributed by atoms with Crippen LogP contribution in [0, 0.1) is 12.7 Å². The molecule has 110 valence electrons. The number of halogens is 1. The topological polar surface area (TPSA) is 88.0 Å². The number of carbonyl (C=O) groups is 1. The second-order valence-corrected chi connectivity index (χ2v) is 4.68. The van der Waals surface area contributed by atoms with Crippen molar-refractivity contribution in [2.24, 2.45) is 0 Å². The molecule has 1 amide bonds. The molecule has 2 aromatic heterocycles. The summed E-state index contributed by atoms with van der Waals surface area (Å²) in [6.45, 7) is 1.78. The zero-order valence-corrected chi connectivity index (χ0v) is 11.5. The van der Waals surface area contributed by atoms with Gasteiger partial charge in [-0.05, 0) is 37.3 Å². The number of hydrogen-bond acceptors (Lipinski definition) is 5. The van der Waals surface area contributed by atoms with Crippen LogP contribution in [0.15, 0.2) is 36.4 Å². The van der Waals surface area contributed by atoms with E-state index in [0.717, 1.165) is 11.8 Å². The van der Waals surface area contributed by atoms with Gasteiger partial charge >= 0.3 is 0 Å². The van der Waals surface area contributed by atoms with Crippen LogP contribution in [0.25, 0.3) is 10.9 Å². The third kappa shape index (κ3) is 2.56. The zero-order chi connectivity index (χ0) is 15.7. The van der Waals surface area contributed by atoms with Crippen LogP contribution in [0.2, 0.25) is 0 Å². The molecule has 0 atom stereocenters. The number of aromatic hydroxyl groups is 1. The predicted molar refractivity (Wildman–Crippen MR) is 78.1 cm³/mol. The second kappa shape index (κ2) is 5.36. The summed E-state index contributed by atoms with van der Waals surface area (Å²) in [5.74, 6) is -1.31. The van der Waals surface area contributed by atoms with Gasteiger partial charge in [-0.1, -0.05) is 6.07 Å². The number of fused-ring (bicyclic) bond motifs is 1. The molecule has 7 heteroatoms. The van der Waals surface area contributed by atoms with E-state index in [0.29, 0.717) is 11.3 Å². The van der Waals surface area contributed by atoms with E-state index >= 15 is 0 Å². The van der Waals surface area contributed by atoms with E-state index in [1.807, 2.05) is 0 Å². The van der Waals surface area contributed by atoms with Gasteiger partial charge in [-0.25, -0.2) is 9.37 Å². The van der Waals surface area contributed by atoms with E-state index in [4.69, 9.17) is 0 Å². The molecule has 22 heavy (non-hydrogen) atoms. The third-order valence-electron chi connectivity index (χ3n) is 3.04. The van der Waals surface area contributed by atoms with Crippen LogP contribution in [0.3, 0.4) is 0 Å². The molecule has 0 aliphatic carbocycles. The van der Waals surface area contributed by atoms with Gasteiger partial charge in [-0.15, -0.1) is 10.2 Å². The van der Waals surface area contributed by atoms with Gasteiger partial charge in [0.2, 0.25) is 0 Å². The van der Waals surface area contributed by atoms with Crippen molar-refractivity contribution in [3.8, 4) is 5.75 Å². The Morgan fingerprint density at radius 1 is 1.23 bits per heavy atom. The van der Waals surface area contributed by atoms with Crippen LogP contribution in [-0.4, -0.2) is 26.2 Å². The molecule has 0 aliphatic heterocycles. The summed E-state index contributed by atoms with van der Waals surface area (Å²) in [6, 6.07) is 8.80. The monoisotopic (exact) mass is 298 g/mol. The van der Waals surface area contributed by atoms with Crippen molar-refractivity contribution in [2.45, 2.75) is 6.92 Å². The van der Waals surface area contributed by atoms with Crippen LogP contribution in [0.1, 0.15) is 16.2 Å². The maximum Gasteiger partial charge on any atom is 0.281 e. The minimum atomic E-state index is -0.672. The maximum atomic E-state index is 13.3. The molecular weight excluding hydrogens is 287 g/mol. The molecule has 0 aliphatic rings. The molecule has 0 radical (unpaired) electrons.